The maximum atomic E-state index is 11.2. The quantitative estimate of drug-likeness (QED) is 0.853. The lowest BCUT2D eigenvalue weighted by Gasteiger charge is -2.02. The predicted molar refractivity (Wildman–Crippen MR) is 62.3 cm³/mol. The van der Waals surface area contributed by atoms with Crippen molar-refractivity contribution >= 4 is 6.03 Å². The molecule has 2 rings (SSSR count). The van der Waals surface area contributed by atoms with E-state index in [1.54, 1.807) is 12.3 Å². The molecule has 0 fully saturated rings. The normalized spacial score (nSPS) is 10.2. The maximum absolute atomic E-state index is 11.2. The Morgan fingerprint density at radius 3 is 2.82 bits per heavy atom. The Hall–Kier alpha value is -2.17. The number of amides is 2. The molecule has 90 valence electrons. The molecule has 2 N–H and O–H groups in total. The van der Waals surface area contributed by atoms with Crippen LogP contribution in [-0.4, -0.2) is 12.6 Å². The molecule has 0 atom stereocenters. The van der Waals surface area contributed by atoms with Crippen LogP contribution in [0.15, 0.2) is 39.4 Å². The zero-order valence-electron chi connectivity index (χ0n) is 9.53. The second-order valence-corrected chi connectivity index (χ2v) is 3.46. The van der Waals surface area contributed by atoms with Gasteiger partial charge in [0, 0.05) is 6.54 Å². The summed E-state index contributed by atoms with van der Waals surface area (Å²) in [6, 6.07) is 7.03. The standard InChI is InChI=1S/C12H14N2O3/c1-2-13-12(15)14-8-9-5-6-11(17-9)10-4-3-7-16-10/h3-7H,2,8H2,1H3,(H2,13,14,15). The Bertz CT molecular complexity index is 474. The van der Waals surface area contributed by atoms with Gasteiger partial charge >= 0.3 is 6.03 Å². The van der Waals surface area contributed by atoms with Gasteiger partial charge < -0.3 is 19.5 Å². The van der Waals surface area contributed by atoms with Gasteiger partial charge in [-0.1, -0.05) is 0 Å². The van der Waals surface area contributed by atoms with Crippen molar-refractivity contribution in [2.75, 3.05) is 6.54 Å². The van der Waals surface area contributed by atoms with Gasteiger partial charge in [-0.15, -0.1) is 0 Å². The largest absolute Gasteiger partial charge is 0.461 e. The Balaban J connectivity index is 1.93. The van der Waals surface area contributed by atoms with Gasteiger partial charge in [-0.2, -0.15) is 0 Å². The molecule has 2 amide bonds. The molecule has 0 aliphatic rings. The van der Waals surface area contributed by atoms with Gasteiger partial charge in [0.2, 0.25) is 0 Å². The number of furan rings is 2. The number of carbonyl (C=O) groups excluding carboxylic acids is 1. The summed E-state index contributed by atoms with van der Waals surface area (Å²) in [7, 11) is 0. The van der Waals surface area contributed by atoms with Crippen molar-refractivity contribution in [1.82, 2.24) is 10.6 Å². The molecule has 2 aromatic rings. The molecule has 5 heteroatoms. The maximum Gasteiger partial charge on any atom is 0.315 e. The van der Waals surface area contributed by atoms with Crippen molar-refractivity contribution in [2.45, 2.75) is 13.5 Å². The summed E-state index contributed by atoms with van der Waals surface area (Å²) >= 11 is 0. The molecule has 17 heavy (non-hydrogen) atoms. The van der Waals surface area contributed by atoms with Crippen LogP contribution in [0, 0.1) is 0 Å². The lowest BCUT2D eigenvalue weighted by Crippen LogP contribution is -2.34. The van der Waals surface area contributed by atoms with Crippen molar-refractivity contribution in [3.8, 4) is 11.5 Å². The summed E-state index contributed by atoms with van der Waals surface area (Å²) in [4.78, 5) is 11.2. The molecule has 0 aliphatic heterocycles. The lowest BCUT2D eigenvalue weighted by molar-refractivity contribution is 0.240. The van der Waals surface area contributed by atoms with E-state index < -0.39 is 0 Å². The van der Waals surface area contributed by atoms with Crippen molar-refractivity contribution in [1.29, 1.82) is 0 Å². The van der Waals surface area contributed by atoms with Crippen LogP contribution in [0.3, 0.4) is 0 Å². The topological polar surface area (TPSA) is 67.4 Å². The third kappa shape index (κ3) is 2.90. The second-order valence-electron chi connectivity index (χ2n) is 3.46. The molecule has 0 saturated heterocycles. The number of nitrogens with one attached hydrogen (secondary N) is 2. The number of urea groups is 1. The van der Waals surface area contributed by atoms with Crippen molar-refractivity contribution in [3.63, 3.8) is 0 Å². The average Bonchev–Trinajstić information content (AvgIpc) is 2.97. The van der Waals surface area contributed by atoms with Gasteiger partial charge in [0.15, 0.2) is 11.5 Å². The monoisotopic (exact) mass is 234 g/mol. The Labute approximate surface area is 98.8 Å². The zero-order chi connectivity index (χ0) is 12.1. The fourth-order valence-electron chi connectivity index (χ4n) is 1.41. The summed E-state index contributed by atoms with van der Waals surface area (Å²) in [5, 5.41) is 5.32. The molecule has 0 aromatic carbocycles. The lowest BCUT2D eigenvalue weighted by atomic mass is 10.3. The first-order valence-corrected chi connectivity index (χ1v) is 5.44. The minimum absolute atomic E-state index is 0.205. The van der Waals surface area contributed by atoms with E-state index in [1.165, 1.54) is 0 Å². The Kier molecular flexibility index (Phi) is 3.49. The first kappa shape index (κ1) is 11.3. The van der Waals surface area contributed by atoms with Gasteiger partial charge in [0.1, 0.15) is 5.76 Å². The van der Waals surface area contributed by atoms with E-state index in [9.17, 15) is 4.79 Å². The molecule has 2 heterocycles. The zero-order valence-corrected chi connectivity index (χ0v) is 9.53. The summed E-state index contributed by atoms with van der Waals surface area (Å²) in [6.45, 7) is 2.82. The molecule has 0 spiro atoms. The molecule has 5 nitrogen and oxygen atoms in total. The van der Waals surface area contributed by atoms with Crippen molar-refractivity contribution in [3.05, 3.63) is 36.3 Å². The van der Waals surface area contributed by atoms with Gasteiger partial charge in [-0.3, -0.25) is 0 Å². The Morgan fingerprint density at radius 1 is 1.24 bits per heavy atom. The summed E-state index contributed by atoms with van der Waals surface area (Å²) in [5.41, 5.74) is 0. The molecule has 0 unspecified atom stereocenters. The van der Waals surface area contributed by atoms with Gasteiger partial charge in [-0.05, 0) is 31.2 Å². The number of hydrogen-bond acceptors (Lipinski definition) is 3. The number of carbonyl (C=O) groups is 1. The molecule has 2 aromatic heterocycles. The van der Waals surface area contributed by atoms with Crippen LogP contribution < -0.4 is 10.6 Å². The highest BCUT2D eigenvalue weighted by Crippen LogP contribution is 2.22. The van der Waals surface area contributed by atoms with Gasteiger partial charge in [0.05, 0.1) is 12.8 Å². The molecule has 0 radical (unpaired) electrons. The van der Waals surface area contributed by atoms with Crippen LogP contribution in [-0.2, 0) is 6.54 Å². The van der Waals surface area contributed by atoms with Crippen LogP contribution in [0.2, 0.25) is 0 Å². The Morgan fingerprint density at radius 2 is 2.12 bits per heavy atom. The molecule has 0 aliphatic carbocycles. The van der Waals surface area contributed by atoms with Crippen molar-refractivity contribution in [2.24, 2.45) is 0 Å². The SMILES string of the molecule is CCNC(=O)NCc1ccc(-c2ccco2)o1. The van der Waals surface area contributed by atoms with E-state index >= 15 is 0 Å². The minimum atomic E-state index is -0.205. The smallest absolute Gasteiger partial charge is 0.315 e. The van der Waals surface area contributed by atoms with E-state index in [0.29, 0.717) is 30.4 Å². The summed E-state index contributed by atoms with van der Waals surface area (Å²) in [6.07, 6.45) is 1.59. The first-order valence-electron chi connectivity index (χ1n) is 5.44. The third-order valence-corrected chi connectivity index (χ3v) is 2.19. The molecule has 0 saturated carbocycles. The highest BCUT2D eigenvalue weighted by molar-refractivity contribution is 5.73. The van der Waals surface area contributed by atoms with Crippen LogP contribution >= 0.6 is 0 Å². The first-order chi connectivity index (χ1) is 8.29. The molecular formula is C12H14N2O3. The van der Waals surface area contributed by atoms with E-state index in [1.807, 2.05) is 25.1 Å². The summed E-state index contributed by atoms with van der Waals surface area (Å²) in [5.74, 6) is 2.01. The third-order valence-electron chi connectivity index (χ3n) is 2.19. The minimum Gasteiger partial charge on any atom is -0.461 e. The van der Waals surface area contributed by atoms with Crippen LogP contribution in [0.25, 0.3) is 11.5 Å². The van der Waals surface area contributed by atoms with Gasteiger partial charge in [-0.25, -0.2) is 4.79 Å². The second kappa shape index (κ2) is 5.25. The van der Waals surface area contributed by atoms with Crippen LogP contribution in [0.1, 0.15) is 12.7 Å². The highest BCUT2D eigenvalue weighted by Gasteiger charge is 2.07. The molecular weight excluding hydrogens is 220 g/mol. The number of hydrogen-bond donors (Lipinski definition) is 2. The average molecular weight is 234 g/mol. The van der Waals surface area contributed by atoms with Crippen molar-refractivity contribution < 1.29 is 13.6 Å². The van der Waals surface area contributed by atoms with E-state index in [0.717, 1.165) is 0 Å². The van der Waals surface area contributed by atoms with Crippen LogP contribution in [0.5, 0.6) is 0 Å². The van der Waals surface area contributed by atoms with Crippen LogP contribution in [0.4, 0.5) is 4.79 Å². The number of rotatable bonds is 4. The van der Waals surface area contributed by atoms with E-state index in [4.69, 9.17) is 8.83 Å². The summed E-state index contributed by atoms with van der Waals surface area (Å²) < 4.78 is 10.7. The fraction of sp³-hybridized carbons (Fsp3) is 0.250. The van der Waals surface area contributed by atoms with E-state index in [2.05, 4.69) is 10.6 Å². The molecule has 0 bridgehead atoms. The highest BCUT2D eigenvalue weighted by atomic mass is 16.4. The van der Waals surface area contributed by atoms with Gasteiger partial charge in [0.25, 0.3) is 0 Å². The van der Waals surface area contributed by atoms with E-state index in [-0.39, 0.29) is 6.03 Å². The fourth-order valence-corrected chi connectivity index (χ4v) is 1.41. The predicted octanol–water partition coefficient (Wildman–Crippen LogP) is 2.36.